The van der Waals surface area contributed by atoms with E-state index in [4.69, 9.17) is 0 Å². The lowest BCUT2D eigenvalue weighted by atomic mass is 9.76. The fourth-order valence-electron chi connectivity index (χ4n) is 5.40. The third-order valence-electron chi connectivity index (χ3n) is 7.22. The maximum atomic E-state index is 11.3. The summed E-state index contributed by atoms with van der Waals surface area (Å²) >= 11 is 0. The SMILES string of the molecule is Cc1cc(C2CC2)c(C[C@@H]2CCN(C)C[C@H]2c2ccc(C(=O)O)cc2)c2cc[nH]c12. The molecule has 2 aromatic carbocycles. The molecule has 0 spiro atoms. The van der Waals surface area contributed by atoms with Gasteiger partial charge in [0.15, 0.2) is 0 Å². The largest absolute Gasteiger partial charge is 0.478 e. The van der Waals surface area contributed by atoms with Crippen LogP contribution in [0.2, 0.25) is 0 Å². The molecule has 2 fully saturated rings. The van der Waals surface area contributed by atoms with Crippen LogP contribution in [0.5, 0.6) is 0 Å². The molecule has 1 aromatic heterocycles. The molecule has 156 valence electrons. The van der Waals surface area contributed by atoms with Crippen LogP contribution in [-0.2, 0) is 6.42 Å². The summed E-state index contributed by atoms with van der Waals surface area (Å²) in [5, 5.41) is 10.7. The maximum absolute atomic E-state index is 11.3. The smallest absolute Gasteiger partial charge is 0.335 e. The third-order valence-corrected chi connectivity index (χ3v) is 7.22. The number of fused-ring (bicyclic) bond motifs is 1. The normalized spacial score (nSPS) is 22.5. The highest BCUT2D eigenvalue weighted by Gasteiger charge is 2.33. The van der Waals surface area contributed by atoms with Gasteiger partial charge in [-0.2, -0.15) is 0 Å². The summed E-state index contributed by atoms with van der Waals surface area (Å²) < 4.78 is 0. The number of nitrogens with zero attached hydrogens (tertiary/aromatic N) is 1. The van der Waals surface area contributed by atoms with Gasteiger partial charge in [-0.05, 0) is 104 Å². The van der Waals surface area contributed by atoms with E-state index in [1.165, 1.54) is 41.3 Å². The fourth-order valence-corrected chi connectivity index (χ4v) is 5.40. The number of aromatic carboxylic acids is 1. The number of hydrogen-bond acceptors (Lipinski definition) is 2. The molecule has 0 bridgehead atoms. The highest BCUT2D eigenvalue weighted by atomic mass is 16.4. The fraction of sp³-hybridized carbons (Fsp3) is 0.423. The Morgan fingerprint density at radius 3 is 2.63 bits per heavy atom. The lowest BCUT2D eigenvalue weighted by Gasteiger charge is -2.38. The van der Waals surface area contributed by atoms with Crippen molar-refractivity contribution in [3.63, 3.8) is 0 Å². The Kier molecular flexibility index (Phi) is 4.90. The van der Waals surface area contributed by atoms with Crippen molar-refractivity contribution in [3.8, 4) is 0 Å². The van der Waals surface area contributed by atoms with Gasteiger partial charge in [0, 0.05) is 23.6 Å². The van der Waals surface area contributed by atoms with E-state index in [0.29, 0.717) is 17.4 Å². The van der Waals surface area contributed by atoms with Crippen LogP contribution in [0.3, 0.4) is 0 Å². The first-order valence-electron chi connectivity index (χ1n) is 11.1. The van der Waals surface area contributed by atoms with Gasteiger partial charge in [0.2, 0.25) is 0 Å². The minimum absolute atomic E-state index is 0.364. The van der Waals surface area contributed by atoms with Crippen LogP contribution in [0.15, 0.2) is 42.6 Å². The number of aromatic amines is 1. The molecule has 4 nitrogen and oxygen atoms in total. The number of nitrogens with one attached hydrogen (secondary N) is 1. The average Bonchev–Trinajstić information content (AvgIpc) is 3.46. The molecule has 5 rings (SSSR count). The number of carbonyl (C=O) groups is 1. The maximum Gasteiger partial charge on any atom is 0.335 e. The zero-order valence-corrected chi connectivity index (χ0v) is 17.8. The van der Waals surface area contributed by atoms with Gasteiger partial charge in [0.05, 0.1) is 5.56 Å². The van der Waals surface area contributed by atoms with Gasteiger partial charge in [-0.25, -0.2) is 4.79 Å². The molecule has 1 saturated carbocycles. The molecule has 0 amide bonds. The van der Waals surface area contributed by atoms with E-state index < -0.39 is 5.97 Å². The van der Waals surface area contributed by atoms with Crippen molar-refractivity contribution in [2.24, 2.45) is 5.92 Å². The van der Waals surface area contributed by atoms with E-state index in [1.807, 2.05) is 12.1 Å². The Bertz CT molecular complexity index is 1080. The summed E-state index contributed by atoms with van der Waals surface area (Å²) in [6, 6.07) is 12.3. The molecule has 2 aliphatic rings. The summed E-state index contributed by atoms with van der Waals surface area (Å²) in [6.07, 6.45) is 6.98. The van der Waals surface area contributed by atoms with E-state index in [0.717, 1.165) is 25.4 Å². The van der Waals surface area contributed by atoms with Crippen molar-refractivity contribution < 1.29 is 9.90 Å². The third kappa shape index (κ3) is 3.54. The van der Waals surface area contributed by atoms with Crippen molar-refractivity contribution in [3.05, 3.63) is 70.4 Å². The van der Waals surface area contributed by atoms with Crippen LogP contribution < -0.4 is 0 Å². The number of likely N-dealkylation sites (N-methyl/N-ethyl adjacent to an activating group) is 1. The Hall–Kier alpha value is -2.59. The van der Waals surface area contributed by atoms with Gasteiger partial charge in [0.1, 0.15) is 0 Å². The number of H-pyrrole nitrogens is 1. The molecule has 2 atom stereocenters. The number of aryl methyl sites for hydroxylation is 1. The molecular weight excluding hydrogens is 372 g/mol. The van der Waals surface area contributed by atoms with E-state index in [-0.39, 0.29) is 0 Å². The molecule has 3 aromatic rings. The zero-order chi connectivity index (χ0) is 20.8. The van der Waals surface area contributed by atoms with Crippen molar-refractivity contribution >= 4 is 16.9 Å². The standard InChI is InChI=1S/C26H30N2O2/c1-16-13-22(17-3-4-17)23(21-9-11-27-25(16)21)14-20-10-12-28(2)15-24(20)18-5-7-19(8-6-18)26(29)30/h5-9,11,13,17,20,24,27H,3-4,10,12,14-15H2,1-2H3,(H,29,30)/t20-,24-/m0/s1. The molecule has 1 aliphatic heterocycles. The molecule has 1 aliphatic carbocycles. The van der Waals surface area contributed by atoms with E-state index in [1.54, 1.807) is 23.3 Å². The first-order chi connectivity index (χ1) is 14.5. The van der Waals surface area contributed by atoms with Crippen molar-refractivity contribution in [2.45, 2.75) is 44.4 Å². The number of benzene rings is 2. The molecule has 4 heteroatoms. The first-order valence-corrected chi connectivity index (χ1v) is 11.1. The van der Waals surface area contributed by atoms with Gasteiger partial charge in [0.25, 0.3) is 0 Å². The Balaban J connectivity index is 1.51. The highest BCUT2D eigenvalue weighted by molar-refractivity contribution is 5.88. The summed E-state index contributed by atoms with van der Waals surface area (Å²) in [5.74, 6) is 0.865. The number of hydrogen-bond donors (Lipinski definition) is 2. The van der Waals surface area contributed by atoms with Crippen LogP contribution in [-0.4, -0.2) is 41.1 Å². The zero-order valence-electron chi connectivity index (χ0n) is 17.8. The summed E-state index contributed by atoms with van der Waals surface area (Å²) in [6.45, 7) is 4.37. The second kappa shape index (κ2) is 7.59. The quantitative estimate of drug-likeness (QED) is 0.606. The Labute approximate surface area is 177 Å². The predicted molar refractivity (Wildman–Crippen MR) is 120 cm³/mol. The lowest BCUT2D eigenvalue weighted by molar-refractivity contribution is 0.0697. The summed E-state index contributed by atoms with van der Waals surface area (Å²) in [4.78, 5) is 17.1. The number of likely N-dealkylation sites (tertiary alicyclic amines) is 1. The molecule has 30 heavy (non-hydrogen) atoms. The van der Waals surface area contributed by atoms with Gasteiger partial charge in [-0.15, -0.1) is 0 Å². The summed E-state index contributed by atoms with van der Waals surface area (Å²) in [5.41, 5.74) is 7.37. The second-order valence-electron chi connectivity index (χ2n) is 9.35. The van der Waals surface area contributed by atoms with Crippen LogP contribution in [0.1, 0.15) is 63.7 Å². The minimum atomic E-state index is -0.859. The van der Waals surface area contributed by atoms with Crippen LogP contribution in [0, 0.1) is 12.8 Å². The van der Waals surface area contributed by atoms with Crippen LogP contribution >= 0.6 is 0 Å². The number of piperidine rings is 1. The number of rotatable bonds is 5. The molecule has 1 saturated heterocycles. The Morgan fingerprint density at radius 2 is 1.93 bits per heavy atom. The van der Waals surface area contributed by atoms with Gasteiger partial charge in [-0.1, -0.05) is 18.2 Å². The molecule has 2 heterocycles. The lowest BCUT2D eigenvalue weighted by Crippen LogP contribution is -2.37. The van der Waals surface area contributed by atoms with Gasteiger partial charge in [-0.3, -0.25) is 0 Å². The predicted octanol–water partition coefficient (Wildman–Crippen LogP) is 5.33. The minimum Gasteiger partial charge on any atom is -0.478 e. The number of aromatic nitrogens is 1. The van der Waals surface area contributed by atoms with Crippen molar-refractivity contribution in [1.82, 2.24) is 9.88 Å². The Morgan fingerprint density at radius 1 is 1.17 bits per heavy atom. The van der Waals surface area contributed by atoms with Crippen molar-refractivity contribution in [1.29, 1.82) is 0 Å². The topological polar surface area (TPSA) is 56.3 Å². The van der Waals surface area contributed by atoms with Crippen molar-refractivity contribution in [2.75, 3.05) is 20.1 Å². The number of carboxylic acid groups (broad SMARTS) is 1. The molecule has 2 N–H and O–H groups in total. The summed E-state index contributed by atoms with van der Waals surface area (Å²) in [7, 11) is 2.20. The van der Waals surface area contributed by atoms with E-state index in [9.17, 15) is 9.90 Å². The monoisotopic (exact) mass is 402 g/mol. The second-order valence-corrected chi connectivity index (χ2v) is 9.35. The highest BCUT2D eigenvalue weighted by Crippen LogP contribution is 2.46. The van der Waals surface area contributed by atoms with E-state index >= 15 is 0 Å². The van der Waals surface area contributed by atoms with Crippen LogP contribution in [0.4, 0.5) is 0 Å². The number of carboxylic acids is 1. The van der Waals surface area contributed by atoms with E-state index in [2.05, 4.69) is 42.2 Å². The molecule has 0 unspecified atom stereocenters. The molecule has 0 radical (unpaired) electrons. The average molecular weight is 403 g/mol. The van der Waals surface area contributed by atoms with Gasteiger partial charge < -0.3 is 15.0 Å². The first kappa shape index (κ1) is 19.4. The van der Waals surface area contributed by atoms with Gasteiger partial charge >= 0.3 is 5.97 Å². The molecular formula is C26H30N2O2. The van der Waals surface area contributed by atoms with Crippen LogP contribution in [0.25, 0.3) is 10.9 Å².